The molecule has 3 fully saturated rings. The van der Waals surface area contributed by atoms with Crippen molar-refractivity contribution in [2.75, 3.05) is 20.1 Å². The van der Waals surface area contributed by atoms with E-state index in [0.29, 0.717) is 11.9 Å². The first-order valence-corrected chi connectivity index (χ1v) is 8.04. The van der Waals surface area contributed by atoms with Crippen molar-refractivity contribution in [2.24, 2.45) is 0 Å². The molecule has 2 heterocycles. The van der Waals surface area contributed by atoms with Crippen molar-refractivity contribution in [2.45, 2.75) is 43.4 Å². The van der Waals surface area contributed by atoms with Crippen LogP contribution < -0.4 is 5.32 Å². The summed E-state index contributed by atoms with van der Waals surface area (Å²) in [6, 6.07) is 10.8. The molecule has 1 aromatic rings. The summed E-state index contributed by atoms with van der Waals surface area (Å²) in [7, 11) is 2.16. The van der Waals surface area contributed by atoms with Gasteiger partial charge in [-0.3, -0.25) is 10.1 Å². The number of benzene rings is 1. The van der Waals surface area contributed by atoms with Crippen molar-refractivity contribution in [3.05, 3.63) is 35.9 Å². The molecule has 1 N–H and O–H groups in total. The van der Waals surface area contributed by atoms with Gasteiger partial charge in [0.05, 0.1) is 0 Å². The first-order chi connectivity index (χ1) is 10.2. The highest BCUT2D eigenvalue weighted by Gasteiger charge is 2.60. The molecule has 112 valence electrons. The van der Waals surface area contributed by atoms with Gasteiger partial charge in [0, 0.05) is 12.6 Å². The molecule has 1 saturated carbocycles. The molecule has 1 amide bonds. The van der Waals surface area contributed by atoms with Crippen LogP contribution in [0.2, 0.25) is 0 Å². The summed E-state index contributed by atoms with van der Waals surface area (Å²) < 4.78 is 0. The van der Waals surface area contributed by atoms with E-state index in [4.69, 9.17) is 0 Å². The number of hydrogen-bond donors (Lipinski definition) is 1. The van der Waals surface area contributed by atoms with Gasteiger partial charge in [-0.25, -0.2) is 0 Å². The van der Waals surface area contributed by atoms with Crippen molar-refractivity contribution in [3.8, 4) is 0 Å². The zero-order chi connectivity index (χ0) is 14.4. The van der Waals surface area contributed by atoms with Gasteiger partial charge in [0.1, 0.15) is 11.7 Å². The Hall–Kier alpha value is -1.39. The number of rotatable bonds is 2. The van der Waals surface area contributed by atoms with Gasteiger partial charge in [0.15, 0.2) is 0 Å². The van der Waals surface area contributed by atoms with Gasteiger partial charge in [0.25, 0.3) is 0 Å². The summed E-state index contributed by atoms with van der Waals surface area (Å²) in [6.07, 6.45) is 4.34. The Morgan fingerprint density at radius 2 is 2.00 bits per heavy atom. The monoisotopic (exact) mass is 285 g/mol. The molecule has 1 aliphatic carbocycles. The fourth-order valence-corrected chi connectivity index (χ4v) is 3.86. The lowest BCUT2D eigenvalue weighted by Crippen LogP contribution is -2.49. The molecule has 2 aliphatic heterocycles. The summed E-state index contributed by atoms with van der Waals surface area (Å²) in [5.41, 5.74) is 0.971. The maximum absolute atomic E-state index is 12.9. The number of carbonyl (C=O) groups is 1. The Labute approximate surface area is 126 Å². The van der Waals surface area contributed by atoms with E-state index in [1.165, 1.54) is 12.0 Å². The van der Waals surface area contributed by atoms with Gasteiger partial charge in [-0.05, 0) is 44.8 Å². The lowest BCUT2D eigenvalue weighted by Gasteiger charge is -2.38. The zero-order valence-corrected chi connectivity index (χ0v) is 12.6. The molecular formula is C17H23N3O. The molecule has 0 radical (unpaired) electrons. The van der Waals surface area contributed by atoms with Gasteiger partial charge in [-0.1, -0.05) is 30.3 Å². The van der Waals surface area contributed by atoms with Crippen LogP contribution in [-0.4, -0.2) is 47.4 Å². The quantitative estimate of drug-likeness (QED) is 0.899. The molecule has 4 heteroatoms. The smallest absolute Gasteiger partial charge is 0.244 e. The normalized spacial score (nSPS) is 31.9. The minimum absolute atomic E-state index is 0.0534. The van der Waals surface area contributed by atoms with E-state index in [-0.39, 0.29) is 11.7 Å². The first kappa shape index (κ1) is 13.3. The second-order valence-electron chi connectivity index (χ2n) is 6.81. The molecule has 4 rings (SSSR count). The highest BCUT2D eigenvalue weighted by Crippen LogP contribution is 2.47. The second kappa shape index (κ2) is 4.82. The van der Waals surface area contributed by atoms with Crippen molar-refractivity contribution >= 4 is 5.91 Å². The summed E-state index contributed by atoms with van der Waals surface area (Å²) >= 11 is 0. The van der Waals surface area contributed by atoms with Crippen LogP contribution in [0, 0.1) is 0 Å². The molecule has 1 spiro atoms. The number of amides is 1. The fourth-order valence-electron chi connectivity index (χ4n) is 3.86. The maximum atomic E-state index is 12.9. The van der Waals surface area contributed by atoms with Crippen LogP contribution >= 0.6 is 0 Å². The van der Waals surface area contributed by atoms with Crippen LogP contribution in [0.3, 0.4) is 0 Å². The third kappa shape index (κ3) is 2.17. The molecule has 0 aromatic heterocycles. The lowest BCUT2D eigenvalue weighted by molar-refractivity contribution is -0.134. The SMILES string of the molecule is CN1CCCC(N2C(=O)C3(CC3)NC2c2ccccc2)C1. The Morgan fingerprint density at radius 1 is 1.24 bits per heavy atom. The molecule has 21 heavy (non-hydrogen) atoms. The Morgan fingerprint density at radius 3 is 2.67 bits per heavy atom. The third-order valence-electron chi connectivity index (χ3n) is 5.19. The molecule has 4 nitrogen and oxygen atoms in total. The Kier molecular flexibility index (Phi) is 3.05. The number of nitrogens with zero attached hydrogens (tertiary/aromatic N) is 2. The summed E-state index contributed by atoms with van der Waals surface area (Å²) in [5.74, 6) is 0.330. The Balaban J connectivity index is 1.66. The highest BCUT2D eigenvalue weighted by atomic mass is 16.2. The summed E-state index contributed by atoms with van der Waals surface area (Å²) in [6.45, 7) is 2.14. The molecule has 2 unspecified atom stereocenters. The van der Waals surface area contributed by atoms with Crippen LogP contribution in [0.4, 0.5) is 0 Å². The zero-order valence-electron chi connectivity index (χ0n) is 12.6. The van der Waals surface area contributed by atoms with E-state index in [9.17, 15) is 4.79 Å². The topological polar surface area (TPSA) is 35.6 Å². The third-order valence-corrected chi connectivity index (χ3v) is 5.19. The van der Waals surface area contributed by atoms with Crippen molar-refractivity contribution in [1.29, 1.82) is 0 Å². The van der Waals surface area contributed by atoms with Gasteiger partial charge < -0.3 is 9.80 Å². The van der Waals surface area contributed by atoms with E-state index < -0.39 is 0 Å². The van der Waals surface area contributed by atoms with E-state index in [2.05, 4.69) is 46.4 Å². The van der Waals surface area contributed by atoms with Crippen LogP contribution in [0.15, 0.2) is 30.3 Å². The van der Waals surface area contributed by atoms with E-state index in [0.717, 1.165) is 32.4 Å². The minimum Gasteiger partial charge on any atom is -0.317 e. The number of piperidine rings is 1. The highest BCUT2D eigenvalue weighted by molar-refractivity contribution is 5.92. The number of carbonyl (C=O) groups excluding carboxylic acids is 1. The van der Waals surface area contributed by atoms with Gasteiger partial charge >= 0.3 is 0 Å². The van der Waals surface area contributed by atoms with Crippen molar-refractivity contribution in [1.82, 2.24) is 15.1 Å². The number of likely N-dealkylation sites (tertiary alicyclic amines) is 1. The van der Waals surface area contributed by atoms with Gasteiger partial charge in [-0.15, -0.1) is 0 Å². The maximum Gasteiger partial charge on any atom is 0.244 e. The minimum atomic E-state index is -0.240. The van der Waals surface area contributed by atoms with E-state index >= 15 is 0 Å². The average Bonchev–Trinajstić information content (AvgIpc) is 3.22. The average molecular weight is 285 g/mol. The second-order valence-corrected chi connectivity index (χ2v) is 6.81. The molecule has 2 atom stereocenters. The van der Waals surface area contributed by atoms with Crippen LogP contribution in [0.5, 0.6) is 0 Å². The number of nitrogens with one attached hydrogen (secondary N) is 1. The summed E-state index contributed by atoms with van der Waals surface area (Å²) in [4.78, 5) is 17.4. The molecule has 1 aromatic carbocycles. The van der Waals surface area contributed by atoms with Gasteiger partial charge in [0.2, 0.25) is 5.91 Å². The van der Waals surface area contributed by atoms with Crippen molar-refractivity contribution < 1.29 is 4.79 Å². The number of hydrogen-bond acceptors (Lipinski definition) is 3. The lowest BCUT2D eigenvalue weighted by atomic mass is 10.0. The molecular weight excluding hydrogens is 262 g/mol. The molecule has 3 aliphatic rings. The Bertz CT molecular complexity index is 540. The van der Waals surface area contributed by atoms with Crippen LogP contribution in [0.1, 0.15) is 37.4 Å². The van der Waals surface area contributed by atoms with E-state index in [1.807, 2.05) is 6.07 Å². The van der Waals surface area contributed by atoms with Crippen molar-refractivity contribution in [3.63, 3.8) is 0 Å². The predicted molar refractivity (Wildman–Crippen MR) is 81.6 cm³/mol. The van der Waals surface area contributed by atoms with Crippen LogP contribution in [-0.2, 0) is 4.79 Å². The fraction of sp³-hybridized carbons (Fsp3) is 0.588. The molecule has 0 bridgehead atoms. The van der Waals surface area contributed by atoms with Gasteiger partial charge in [-0.2, -0.15) is 0 Å². The van der Waals surface area contributed by atoms with Crippen LogP contribution in [0.25, 0.3) is 0 Å². The predicted octanol–water partition coefficient (Wildman–Crippen LogP) is 1.74. The molecule has 2 saturated heterocycles. The van der Waals surface area contributed by atoms with E-state index in [1.54, 1.807) is 0 Å². The first-order valence-electron chi connectivity index (χ1n) is 8.04. The standard InChI is InChI=1S/C17H23N3O/c1-19-11-5-8-14(12-19)20-15(13-6-3-2-4-7-13)18-17(9-10-17)16(20)21/h2-4,6-7,14-15,18H,5,8-12H2,1H3. The summed E-state index contributed by atoms with van der Waals surface area (Å²) in [5, 5.41) is 3.63. The number of likely N-dealkylation sites (N-methyl/N-ethyl adjacent to an activating group) is 1. The largest absolute Gasteiger partial charge is 0.317 e.